The van der Waals surface area contributed by atoms with Gasteiger partial charge in [-0.25, -0.2) is 4.39 Å². The minimum Gasteiger partial charge on any atom is -0.382 e. The third-order valence-corrected chi connectivity index (χ3v) is 5.09. The van der Waals surface area contributed by atoms with Crippen LogP contribution in [0.3, 0.4) is 0 Å². The highest BCUT2D eigenvalue weighted by atomic mass is 79.9. The van der Waals surface area contributed by atoms with E-state index in [0.29, 0.717) is 21.8 Å². The quantitative estimate of drug-likeness (QED) is 0.704. The van der Waals surface area contributed by atoms with E-state index in [-0.39, 0.29) is 5.82 Å². The summed E-state index contributed by atoms with van der Waals surface area (Å²) in [6.45, 7) is 8.94. The topological polar surface area (TPSA) is 12.0 Å². The Morgan fingerprint density at radius 2 is 1.85 bits per heavy atom. The summed E-state index contributed by atoms with van der Waals surface area (Å²) >= 11 is 3.28. The predicted octanol–water partition coefficient (Wildman–Crippen LogP) is 5.91. The predicted molar refractivity (Wildman–Crippen MR) is 87.7 cm³/mol. The molecule has 1 fully saturated rings. The fourth-order valence-corrected chi connectivity index (χ4v) is 3.69. The van der Waals surface area contributed by atoms with Gasteiger partial charge in [0.15, 0.2) is 0 Å². The molecule has 20 heavy (non-hydrogen) atoms. The van der Waals surface area contributed by atoms with Crippen molar-refractivity contribution in [2.45, 2.75) is 59.4 Å². The van der Waals surface area contributed by atoms with Crippen molar-refractivity contribution in [3.8, 4) is 0 Å². The lowest BCUT2D eigenvalue weighted by atomic mass is 9.69. The summed E-state index contributed by atoms with van der Waals surface area (Å²) in [4.78, 5) is 0. The van der Waals surface area contributed by atoms with Crippen molar-refractivity contribution in [1.29, 1.82) is 0 Å². The van der Waals surface area contributed by atoms with Crippen molar-refractivity contribution in [3.63, 3.8) is 0 Å². The second kappa shape index (κ2) is 6.05. The Morgan fingerprint density at radius 1 is 1.20 bits per heavy atom. The van der Waals surface area contributed by atoms with Crippen molar-refractivity contribution in [3.05, 3.63) is 28.0 Å². The van der Waals surface area contributed by atoms with E-state index in [1.807, 2.05) is 13.0 Å². The SMILES string of the molecule is Cc1cc(F)c(Br)cc1NC1CCCCC1C(C)(C)C. The van der Waals surface area contributed by atoms with E-state index in [4.69, 9.17) is 0 Å². The second-order valence-corrected chi connectivity index (χ2v) is 7.94. The van der Waals surface area contributed by atoms with E-state index in [9.17, 15) is 4.39 Å². The van der Waals surface area contributed by atoms with Gasteiger partial charge in [-0.1, -0.05) is 33.6 Å². The number of hydrogen-bond acceptors (Lipinski definition) is 1. The maximum atomic E-state index is 13.5. The third-order valence-electron chi connectivity index (χ3n) is 4.49. The normalized spacial score (nSPS) is 23.7. The number of anilines is 1. The fraction of sp³-hybridized carbons (Fsp3) is 0.647. The average molecular weight is 342 g/mol. The monoisotopic (exact) mass is 341 g/mol. The first-order chi connectivity index (χ1) is 9.29. The standard InChI is InChI=1S/C17H25BrFN/c1-11-9-14(19)13(18)10-16(11)20-15-8-6-5-7-12(15)17(2,3)4/h9-10,12,15,20H,5-8H2,1-4H3. The van der Waals surface area contributed by atoms with Crippen molar-refractivity contribution in [1.82, 2.24) is 0 Å². The van der Waals surface area contributed by atoms with Gasteiger partial charge in [0.05, 0.1) is 4.47 Å². The first kappa shape index (κ1) is 15.8. The minimum atomic E-state index is -0.191. The number of rotatable bonds is 2. The van der Waals surface area contributed by atoms with Crippen LogP contribution in [-0.2, 0) is 0 Å². The second-order valence-electron chi connectivity index (χ2n) is 7.09. The van der Waals surface area contributed by atoms with Crippen LogP contribution in [0.15, 0.2) is 16.6 Å². The van der Waals surface area contributed by atoms with E-state index in [1.165, 1.54) is 25.7 Å². The molecule has 0 saturated heterocycles. The van der Waals surface area contributed by atoms with Crippen LogP contribution < -0.4 is 5.32 Å². The zero-order chi connectivity index (χ0) is 14.9. The van der Waals surface area contributed by atoms with E-state index < -0.39 is 0 Å². The molecule has 2 rings (SSSR count). The van der Waals surface area contributed by atoms with Crippen LogP contribution in [0, 0.1) is 24.1 Å². The highest BCUT2D eigenvalue weighted by molar-refractivity contribution is 9.10. The van der Waals surface area contributed by atoms with Crippen LogP contribution in [-0.4, -0.2) is 6.04 Å². The Bertz CT molecular complexity index is 479. The van der Waals surface area contributed by atoms with E-state index in [0.717, 1.165) is 11.3 Å². The molecule has 0 spiro atoms. The van der Waals surface area contributed by atoms with E-state index in [1.54, 1.807) is 6.07 Å². The number of benzene rings is 1. The molecule has 2 atom stereocenters. The van der Waals surface area contributed by atoms with Crippen LogP contribution in [0.5, 0.6) is 0 Å². The number of nitrogens with one attached hydrogen (secondary N) is 1. The average Bonchev–Trinajstić information content (AvgIpc) is 2.35. The van der Waals surface area contributed by atoms with Crippen LogP contribution in [0.1, 0.15) is 52.0 Å². The molecule has 0 aliphatic heterocycles. The molecule has 1 aromatic rings. The van der Waals surface area contributed by atoms with Crippen molar-refractivity contribution in [2.24, 2.45) is 11.3 Å². The summed E-state index contributed by atoms with van der Waals surface area (Å²) in [7, 11) is 0. The molecule has 0 aromatic heterocycles. The van der Waals surface area contributed by atoms with Crippen LogP contribution in [0.2, 0.25) is 0 Å². The van der Waals surface area contributed by atoms with Crippen molar-refractivity contribution < 1.29 is 4.39 Å². The smallest absolute Gasteiger partial charge is 0.137 e. The first-order valence-corrected chi connectivity index (χ1v) is 8.30. The van der Waals surface area contributed by atoms with Gasteiger partial charge in [0, 0.05) is 11.7 Å². The minimum absolute atomic E-state index is 0.191. The van der Waals surface area contributed by atoms with Gasteiger partial charge in [-0.05, 0) is 64.7 Å². The molecule has 112 valence electrons. The van der Waals surface area contributed by atoms with Gasteiger partial charge in [0.25, 0.3) is 0 Å². The maximum absolute atomic E-state index is 13.5. The van der Waals surface area contributed by atoms with Gasteiger partial charge in [-0.3, -0.25) is 0 Å². The van der Waals surface area contributed by atoms with Crippen molar-refractivity contribution in [2.75, 3.05) is 5.32 Å². The lowest BCUT2D eigenvalue weighted by Crippen LogP contribution is -2.39. The number of hydrogen-bond donors (Lipinski definition) is 1. The van der Waals surface area contributed by atoms with Crippen LogP contribution in [0.25, 0.3) is 0 Å². The van der Waals surface area contributed by atoms with E-state index >= 15 is 0 Å². The molecule has 1 saturated carbocycles. The summed E-state index contributed by atoms with van der Waals surface area (Å²) in [5.74, 6) is 0.476. The molecule has 0 amide bonds. The zero-order valence-corrected chi connectivity index (χ0v) is 14.5. The molecule has 1 aliphatic carbocycles. The molecular weight excluding hydrogens is 317 g/mol. The Morgan fingerprint density at radius 3 is 2.50 bits per heavy atom. The summed E-state index contributed by atoms with van der Waals surface area (Å²) in [6.07, 6.45) is 5.09. The van der Waals surface area contributed by atoms with E-state index in [2.05, 4.69) is 42.0 Å². The summed E-state index contributed by atoms with van der Waals surface area (Å²) in [6, 6.07) is 3.96. The van der Waals surface area contributed by atoms with Gasteiger partial charge in [0.1, 0.15) is 5.82 Å². The third kappa shape index (κ3) is 3.55. The molecule has 0 radical (unpaired) electrons. The molecule has 1 aromatic carbocycles. The number of aryl methyl sites for hydroxylation is 1. The summed E-state index contributed by atoms with van der Waals surface area (Å²) in [5, 5.41) is 3.68. The Labute approximate surface area is 130 Å². The highest BCUT2D eigenvalue weighted by Crippen LogP contribution is 2.40. The highest BCUT2D eigenvalue weighted by Gasteiger charge is 2.34. The number of halogens is 2. The Balaban J connectivity index is 2.21. The summed E-state index contributed by atoms with van der Waals surface area (Å²) in [5.41, 5.74) is 2.34. The van der Waals surface area contributed by atoms with Crippen LogP contribution in [0.4, 0.5) is 10.1 Å². The van der Waals surface area contributed by atoms with Gasteiger partial charge >= 0.3 is 0 Å². The molecule has 1 aliphatic rings. The summed E-state index contributed by atoms with van der Waals surface area (Å²) < 4.78 is 14.1. The molecular formula is C17H25BrFN. The molecule has 0 heterocycles. The zero-order valence-electron chi connectivity index (χ0n) is 12.9. The Kier molecular flexibility index (Phi) is 4.78. The van der Waals surface area contributed by atoms with Gasteiger partial charge in [0.2, 0.25) is 0 Å². The van der Waals surface area contributed by atoms with Gasteiger partial charge < -0.3 is 5.32 Å². The molecule has 1 nitrogen and oxygen atoms in total. The largest absolute Gasteiger partial charge is 0.382 e. The molecule has 0 bridgehead atoms. The lowest BCUT2D eigenvalue weighted by Gasteiger charge is -2.41. The first-order valence-electron chi connectivity index (χ1n) is 7.51. The van der Waals surface area contributed by atoms with Crippen molar-refractivity contribution >= 4 is 21.6 Å². The fourth-order valence-electron chi connectivity index (χ4n) is 3.34. The molecule has 1 N–H and O–H groups in total. The maximum Gasteiger partial charge on any atom is 0.137 e. The Hall–Kier alpha value is -0.570. The lowest BCUT2D eigenvalue weighted by molar-refractivity contribution is 0.163. The van der Waals surface area contributed by atoms with Gasteiger partial charge in [-0.2, -0.15) is 0 Å². The molecule has 2 unspecified atom stereocenters. The van der Waals surface area contributed by atoms with Crippen LogP contribution >= 0.6 is 15.9 Å². The van der Waals surface area contributed by atoms with Gasteiger partial charge in [-0.15, -0.1) is 0 Å². The molecule has 3 heteroatoms.